The second kappa shape index (κ2) is 6.31. The van der Waals surface area contributed by atoms with Crippen molar-refractivity contribution in [1.29, 1.82) is 0 Å². The maximum atomic E-state index is 11.6. The van der Waals surface area contributed by atoms with E-state index in [0.29, 0.717) is 5.82 Å². The summed E-state index contributed by atoms with van der Waals surface area (Å²) in [5.74, 6) is 0.670. The van der Waals surface area contributed by atoms with E-state index in [-0.39, 0.29) is 11.5 Å². The summed E-state index contributed by atoms with van der Waals surface area (Å²) in [4.78, 5) is 24.2. The maximum absolute atomic E-state index is 11.6. The number of rotatable bonds is 4. The second-order valence-electron chi connectivity index (χ2n) is 6.82. The number of piperidine rings is 1. The third-order valence-electron chi connectivity index (χ3n) is 5.22. The van der Waals surface area contributed by atoms with Crippen LogP contribution < -0.4 is 10.6 Å². The van der Waals surface area contributed by atoms with Crippen molar-refractivity contribution in [3.63, 3.8) is 0 Å². The van der Waals surface area contributed by atoms with Crippen molar-refractivity contribution in [2.45, 2.75) is 38.6 Å². The van der Waals surface area contributed by atoms with Gasteiger partial charge < -0.3 is 15.7 Å². The largest absolute Gasteiger partial charge is 0.480 e. The average molecular weight is 319 g/mol. The molecule has 2 fully saturated rings. The smallest absolute Gasteiger partial charge is 0.320 e. The van der Waals surface area contributed by atoms with Crippen LogP contribution in [0, 0.1) is 5.41 Å². The molecule has 1 spiro atoms. The van der Waals surface area contributed by atoms with Crippen LogP contribution >= 0.6 is 0 Å². The van der Waals surface area contributed by atoms with E-state index < -0.39 is 5.97 Å². The molecule has 1 aromatic rings. The van der Waals surface area contributed by atoms with Crippen LogP contribution in [-0.4, -0.2) is 58.2 Å². The van der Waals surface area contributed by atoms with E-state index in [1.807, 2.05) is 0 Å². The van der Waals surface area contributed by atoms with Gasteiger partial charge in [0.1, 0.15) is 24.0 Å². The molecule has 0 radical (unpaired) electrons. The Balaban J connectivity index is 1.67. The van der Waals surface area contributed by atoms with Crippen molar-refractivity contribution >= 4 is 17.6 Å². The minimum absolute atomic E-state index is 0.132. The van der Waals surface area contributed by atoms with Gasteiger partial charge in [-0.05, 0) is 37.6 Å². The van der Waals surface area contributed by atoms with Gasteiger partial charge in [0.25, 0.3) is 0 Å². The topological polar surface area (TPSA) is 95.6 Å². The van der Waals surface area contributed by atoms with Gasteiger partial charge in [-0.1, -0.05) is 6.92 Å². The molecule has 0 amide bonds. The van der Waals surface area contributed by atoms with Gasteiger partial charge in [0, 0.05) is 25.7 Å². The lowest BCUT2D eigenvalue weighted by Crippen LogP contribution is -2.42. The molecule has 3 rings (SSSR count). The zero-order valence-electron chi connectivity index (χ0n) is 13.6. The van der Waals surface area contributed by atoms with Crippen LogP contribution in [0.25, 0.3) is 0 Å². The predicted molar refractivity (Wildman–Crippen MR) is 88.2 cm³/mol. The van der Waals surface area contributed by atoms with E-state index in [9.17, 15) is 9.90 Å². The van der Waals surface area contributed by atoms with Crippen LogP contribution in [0.15, 0.2) is 12.4 Å². The van der Waals surface area contributed by atoms with Crippen molar-refractivity contribution in [2.75, 3.05) is 36.8 Å². The number of aliphatic carboxylic acids is 1. The SMILES string of the molecule is CCCN1CC2(CCN(c3cc(N)ncn3)CC2)C[C@@H]1C(=O)O. The number of hydrogen-bond donors (Lipinski definition) is 2. The number of hydrogen-bond acceptors (Lipinski definition) is 6. The molecule has 0 saturated carbocycles. The summed E-state index contributed by atoms with van der Waals surface area (Å²) in [6.07, 6.45) is 5.25. The number of carbonyl (C=O) groups is 1. The lowest BCUT2D eigenvalue weighted by molar-refractivity contribution is -0.142. The molecule has 0 aliphatic carbocycles. The number of aromatic nitrogens is 2. The summed E-state index contributed by atoms with van der Waals surface area (Å²) in [5.41, 5.74) is 5.87. The summed E-state index contributed by atoms with van der Waals surface area (Å²) in [7, 11) is 0. The van der Waals surface area contributed by atoms with Gasteiger partial charge in [-0.15, -0.1) is 0 Å². The molecule has 3 heterocycles. The molecular formula is C16H25N5O2. The average Bonchev–Trinajstić information content (AvgIpc) is 2.87. The molecule has 7 heteroatoms. The maximum Gasteiger partial charge on any atom is 0.320 e. The Labute approximate surface area is 136 Å². The Bertz CT molecular complexity index is 571. The van der Waals surface area contributed by atoms with E-state index in [2.05, 4.69) is 26.7 Å². The molecule has 2 saturated heterocycles. The summed E-state index contributed by atoms with van der Waals surface area (Å²) in [6.45, 7) is 5.65. The fraction of sp³-hybridized carbons (Fsp3) is 0.688. The molecule has 2 aliphatic rings. The zero-order valence-corrected chi connectivity index (χ0v) is 13.6. The molecular weight excluding hydrogens is 294 g/mol. The summed E-state index contributed by atoms with van der Waals surface area (Å²) in [5, 5.41) is 9.50. The Morgan fingerprint density at radius 3 is 2.78 bits per heavy atom. The standard InChI is InChI=1S/C16H25N5O2/c1-2-5-21-10-16(9-12(21)15(22)23)3-6-20(7-4-16)14-8-13(17)18-11-19-14/h8,11-12H,2-7,9-10H2,1H3,(H,22,23)(H2,17,18,19)/t12-/m1/s1. The van der Waals surface area contributed by atoms with Crippen molar-refractivity contribution in [2.24, 2.45) is 5.41 Å². The number of nitrogens with two attached hydrogens (primary N) is 1. The van der Waals surface area contributed by atoms with Gasteiger partial charge >= 0.3 is 5.97 Å². The van der Waals surface area contributed by atoms with Crippen LogP contribution in [0.3, 0.4) is 0 Å². The van der Waals surface area contributed by atoms with Crippen molar-refractivity contribution < 1.29 is 9.90 Å². The van der Waals surface area contributed by atoms with Gasteiger partial charge in [-0.2, -0.15) is 0 Å². The van der Waals surface area contributed by atoms with Crippen LogP contribution in [0.5, 0.6) is 0 Å². The number of carboxylic acids is 1. The third kappa shape index (κ3) is 3.24. The van der Waals surface area contributed by atoms with Crippen LogP contribution in [0.1, 0.15) is 32.6 Å². The number of nitrogen functional groups attached to an aromatic ring is 1. The van der Waals surface area contributed by atoms with Crippen molar-refractivity contribution in [1.82, 2.24) is 14.9 Å². The normalized spacial score (nSPS) is 24.2. The van der Waals surface area contributed by atoms with E-state index in [0.717, 1.165) is 57.7 Å². The molecule has 0 unspecified atom stereocenters. The van der Waals surface area contributed by atoms with Crippen LogP contribution in [0.2, 0.25) is 0 Å². The second-order valence-corrected chi connectivity index (χ2v) is 6.82. The first-order valence-corrected chi connectivity index (χ1v) is 8.32. The highest BCUT2D eigenvalue weighted by Gasteiger charge is 2.47. The summed E-state index contributed by atoms with van der Waals surface area (Å²) < 4.78 is 0. The van der Waals surface area contributed by atoms with Gasteiger partial charge in [-0.3, -0.25) is 9.69 Å². The number of anilines is 2. The molecule has 23 heavy (non-hydrogen) atoms. The fourth-order valence-electron chi connectivity index (χ4n) is 4.02. The molecule has 7 nitrogen and oxygen atoms in total. The van der Waals surface area contributed by atoms with Crippen molar-refractivity contribution in [3.8, 4) is 0 Å². The highest BCUT2D eigenvalue weighted by molar-refractivity contribution is 5.74. The molecule has 3 N–H and O–H groups in total. The number of carboxylic acid groups (broad SMARTS) is 1. The fourth-order valence-corrected chi connectivity index (χ4v) is 4.02. The molecule has 126 valence electrons. The summed E-state index contributed by atoms with van der Waals surface area (Å²) >= 11 is 0. The first-order chi connectivity index (χ1) is 11.0. The molecule has 0 bridgehead atoms. The highest BCUT2D eigenvalue weighted by Crippen LogP contribution is 2.44. The Kier molecular flexibility index (Phi) is 4.39. The Morgan fingerprint density at radius 2 is 2.17 bits per heavy atom. The first-order valence-electron chi connectivity index (χ1n) is 8.32. The monoisotopic (exact) mass is 319 g/mol. The van der Waals surface area contributed by atoms with E-state index >= 15 is 0 Å². The third-order valence-corrected chi connectivity index (χ3v) is 5.22. The zero-order chi connectivity index (χ0) is 16.4. The Morgan fingerprint density at radius 1 is 1.43 bits per heavy atom. The van der Waals surface area contributed by atoms with Crippen LogP contribution in [0.4, 0.5) is 11.6 Å². The van der Waals surface area contributed by atoms with Crippen LogP contribution in [-0.2, 0) is 4.79 Å². The minimum Gasteiger partial charge on any atom is -0.480 e. The predicted octanol–water partition coefficient (Wildman–Crippen LogP) is 1.21. The highest BCUT2D eigenvalue weighted by atomic mass is 16.4. The quantitative estimate of drug-likeness (QED) is 0.861. The lowest BCUT2D eigenvalue weighted by atomic mass is 9.76. The molecule has 0 aromatic carbocycles. The van der Waals surface area contributed by atoms with Gasteiger partial charge in [0.05, 0.1) is 0 Å². The van der Waals surface area contributed by atoms with E-state index in [4.69, 9.17) is 5.73 Å². The van der Waals surface area contributed by atoms with Crippen molar-refractivity contribution in [3.05, 3.63) is 12.4 Å². The number of likely N-dealkylation sites (tertiary alicyclic amines) is 1. The van der Waals surface area contributed by atoms with E-state index in [1.54, 1.807) is 6.07 Å². The van der Waals surface area contributed by atoms with Gasteiger partial charge in [-0.25, -0.2) is 9.97 Å². The molecule has 1 aromatic heterocycles. The lowest BCUT2D eigenvalue weighted by Gasteiger charge is -2.39. The molecule has 2 aliphatic heterocycles. The molecule has 1 atom stereocenters. The minimum atomic E-state index is -0.679. The van der Waals surface area contributed by atoms with Gasteiger partial charge in [0.15, 0.2) is 0 Å². The Hall–Kier alpha value is -1.89. The summed E-state index contributed by atoms with van der Waals surface area (Å²) in [6, 6.07) is 1.48. The van der Waals surface area contributed by atoms with Gasteiger partial charge in [0.2, 0.25) is 0 Å². The van der Waals surface area contributed by atoms with E-state index in [1.165, 1.54) is 6.33 Å². The number of nitrogens with zero attached hydrogens (tertiary/aromatic N) is 4. The first kappa shape index (κ1) is 16.0.